The van der Waals surface area contributed by atoms with E-state index in [4.69, 9.17) is 4.74 Å². The summed E-state index contributed by atoms with van der Waals surface area (Å²) in [4.78, 5) is 0. The molecule has 2 nitrogen and oxygen atoms in total. The molecule has 2 rings (SSSR count). The molecule has 0 aromatic heterocycles. The molecule has 2 heterocycles. The van der Waals surface area contributed by atoms with Crippen LogP contribution in [-0.4, -0.2) is 18.7 Å². The van der Waals surface area contributed by atoms with Crippen molar-refractivity contribution in [3.8, 4) is 0 Å². The van der Waals surface area contributed by atoms with E-state index in [0.29, 0.717) is 0 Å². The van der Waals surface area contributed by atoms with Gasteiger partial charge in [0.05, 0.1) is 0 Å². The Morgan fingerprint density at radius 1 is 1.67 bits per heavy atom. The zero-order chi connectivity index (χ0) is 4.04. The fourth-order valence-corrected chi connectivity index (χ4v) is 0.621. The maximum Gasteiger partial charge on any atom is 0.122 e. The summed E-state index contributed by atoms with van der Waals surface area (Å²) in [6.07, 6.45) is 0. The minimum atomic E-state index is 0.236. The standard InChI is InChI=1S/C4H6NO/c1-4(2-5-1)3-6-4/h3,5H,1-2H2. The molecule has 0 amide bonds. The van der Waals surface area contributed by atoms with E-state index in [9.17, 15) is 0 Å². The Morgan fingerprint density at radius 2 is 2.33 bits per heavy atom. The molecule has 0 bridgehead atoms. The molecule has 0 atom stereocenters. The van der Waals surface area contributed by atoms with Gasteiger partial charge in [-0.2, -0.15) is 0 Å². The van der Waals surface area contributed by atoms with E-state index in [0.717, 1.165) is 13.1 Å². The number of hydrogen-bond acceptors (Lipinski definition) is 2. The van der Waals surface area contributed by atoms with E-state index in [1.807, 2.05) is 6.61 Å². The quantitative estimate of drug-likeness (QED) is 0.401. The van der Waals surface area contributed by atoms with Crippen LogP contribution in [0.5, 0.6) is 0 Å². The summed E-state index contributed by atoms with van der Waals surface area (Å²) in [5.74, 6) is 0. The molecule has 0 aromatic rings. The van der Waals surface area contributed by atoms with Crippen LogP contribution in [-0.2, 0) is 4.74 Å². The lowest BCUT2D eigenvalue weighted by atomic mass is 10.1. The summed E-state index contributed by atoms with van der Waals surface area (Å²) < 4.78 is 4.94. The van der Waals surface area contributed by atoms with Gasteiger partial charge in [0, 0.05) is 13.1 Å². The second-order valence-corrected chi connectivity index (χ2v) is 1.90. The van der Waals surface area contributed by atoms with E-state index >= 15 is 0 Å². The smallest absolute Gasteiger partial charge is 0.122 e. The third-order valence-corrected chi connectivity index (χ3v) is 1.30. The van der Waals surface area contributed by atoms with Crippen LogP contribution < -0.4 is 5.32 Å². The van der Waals surface area contributed by atoms with Crippen LogP contribution in [0.4, 0.5) is 0 Å². The van der Waals surface area contributed by atoms with E-state index in [2.05, 4.69) is 5.32 Å². The highest BCUT2D eigenvalue weighted by Crippen LogP contribution is 2.35. The lowest BCUT2D eigenvalue weighted by Gasteiger charge is -2.21. The van der Waals surface area contributed by atoms with Gasteiger partial charge in [0.25, 0.3) is 0 Å². The SMILES string of the molecule is [CH]1OC12CNC2. The van der Waals surface area contributed by atoms with Gasteiger partial charge in [0.2, 0.25) is 0 Å². The van der Waals surface area contributed by atoms with Crippen molar-refractivity contribution in [1.82, 2.24) is 5.32 Å². The molecule has 1 radical (unpaired) electrons. The molecule has 0 saturated carbocycles. The molecule has 1 N–H and O–H groups in total. The fourth-order valence-electron chi connectivity index (χ4n) is 0.621. The van der Waals surface area contributed by atoms with Crippen LogP contribution in [0.3, 0.4) is 0 Å². The zero-order valence-corrected chi connectivity index (χ0v) is 3.40. The third kappa shape index (κ3) is 0.200. The first kappa shape index (κ1) is 2.99. The first-order valence-electron chi connectivity index (χ1n) is 2.14. The van der Waals surface area contributed by atoms with Crippen LogP contribution in [0.15, 0.2) is 0 Å². The molecule has 0 aliphatic carbocycles. The average Bonchev–Trinajstić information content (AvgIpc) is 2.02. The molecule has 0 aromatic carbocycles. The summed E-state index contributed by atoms with van der Waals surface area (Å²) in [5.41, 5.74) is 0.236. The summed E-state index contributed by atoms with van der Waals surface area (Å²) in [5, 5.41) is 3.11. The van der Waals surface area contributed by atoms with Crippen molar-refractivity contribution in [3.05, 3.63) is 6.61 Å². The van der Waals surface area contributed by atoms with Gasteiger partial charge in [-0.1, -0.05) is 0 Å². The van der Waals surface area contributed by atoms with Crippen LogP contribution >= 0.6 is 0 Å². The Hall–Kier alpha value is -0.0800. The highest BCUT2D eigenvalue weighted by atomic mass is 16.6. The maximum absolute atomic E-state index is 4.94. The summed E-state index contributed by atoms with van der Waals surface area (Å²) in [7, 11) is 0. The van der Waals surface area contributed by atoms with Crippen molar-refractivity contribution in [2.75, 3.05) is 13.1 Å². The van der Waals surface area contributed by atoms with Crippen molar-refractivity contribution in [2.45, 2.75) is 5.60 Å². The van der Waals surface area contributed by atoms with Crippen LogP contribution in [0.25, 0.3) is 0 Å². The fraction of sp³-hybridized carbons (Fsp3) is 0.750. The number of nitrogens with one attached hydrogen (secondary N) is 1. The predicted molar refractivity (Wildman–Crippen MR) is 21.0 cm³/mol. The normalized spacial score (nSPS) is 36.0. The van der Waals surface area contributed by atoms with Gasteiger partial charge in [-0.3, -0.25) is 0 Å². The number of hydrogen-bond donors (Lipinski definition) is 1. The Bertz CT molecular complexity index is 71.6. The van der Waals surface area contributed by atoms with Gasteiger partial charge in [0.15, 0.2) is 0 Å². The van der Waals surface area contributed by atoms with Crippen LogP contribution in [0, 0.1) is 6.61 Å². The molecule has 2 aliphatic rings. The van der Waals surface area contributed by atoms with Crippen molar-refractivity contribution in [3.63, 3.8) is 0 Å². The minimum Gasteiger partial charge on any atom is -0.360 e. The second-order valence-electron chi connectivity index (χ2n) is 1.90. The average molecular weight is 84.1 g/mol. The highest BCUT2D eigenvalue weighted by molar-refractivity contribution is 5.12. The van der Waals surface area contributed by atoms with Crippen molar-refractivity contribution >= 4 is 0 Å². The molecule has 2 saturated heterocycles. The molecule has 0 unspecified atom stereocenters. The van der Waals surface area contributed by atoms with E-state index in [1.165, 1.54) is 0 Å². The van der Waals surface area contributed by atoms with E-state index < -0.39 is 0 Å². The number of epoxide rings is 1. The van der Waals surface area contributed by atoms with Gasteiger partial charge in [0.1, 0.15) is 12.2 Å². The van der Waals surface area contributed by atoms with Crippen molar-refractivity contribution in [1.29, 1.82) is 0 Å². The Labute approximate surface area is 36.5 Å². The van der Waals surface area contributed by atoms with E-state index in [1.54, 1.807) is 0 Å². The van der Waals surface area contributed by atoms with Crippen molar-refractivity contribution < 1.29 is 4.74 Å². The monoisotopic (exact) mass is 84.0 g/mol. The zero-order valence-electron chi connectivity index (χ0n) is 3.40. The second kappa shape index (κ2) is 0.634. The highest BCUT2D eigenvalue weighted by Gasteiger charge is 2.50. The first-order chi connectivity index (χ1) is 2.91. The van der Waals surface area contributed by atoms with Gasteiger partial charge in [-0.05, 0) is 0 Å². The van der Waals surface area contributed by atoms with Gasteiger partial charge in [-0.15, -0.1) is 0 Å². The predicted octanol–water partition coefficient (Wildman–Crippen LogP) is -0.480. The van der Waals surface area contributed by atoms with Crippen LogP contribution in [0.1, 0.15) is 0 Å². The molecule has 2 aliphatic heterocycles. The van der Waals surface area contributed by atoms with Crippen molar-refractivity contribution in [2.24, 2.45) is 0 Å². The van der Waals surface area contributed by atoms with Gasteiger partial charge < -0.3 is 10.1 Å². The lowest BCUT2D eigenvalue weighted by molar-refractivity contribution is 0.225. The Balaban J connectivity index is 2.09. The van der Waals surface area contributed by atoms with Gasteiger partial charge >= 0.3 is 0 Å². The first-order valence-corrected chi connectivity index (χ1v) is 2.14. The van der Waals surface area contributed by atoms with Gasteiger partial charge in [-0.25, -0.2) is 0 Å². The third-order valence-electron chi connectivity index (χ3n) is 1.30. The molecule has 2 heteroatoms. The molecule has 1 spiro atoms. The molecular weight excluding hydrogens is 78.0 g/mol. The minimum absolute atomic E-state index is 0.236. The molecule has 6 heavy (non-hydrogen) atoms. The summed E-state index contributed by atoms with van der Waals surface area (Å²) in [6.45, 7) is 3.96. The Kier molecular flexibility index (Phi) is 0.316. The maximum atomic E-state index is 4.94. The molecular formula is C4H6NO. The largest absolute Gasteiger partial charge is 0.360 e. The Morgan fingerprint density at radius 3 is 2.33 bits per heavy atom. The number of rotatable bonds is 0. The summed E-state index contributed by atoms with van der Waals surface area (Å²) in [6, 6.07) is 0. The number of ether oxygens (including phenoxy) is 1. The molecule has 33 valence electrons. The van der Waals surface area contributed by atoms with Crippen LogP contribution in [0.2, 0.25) is 0 Å². The van der Waals surface area contributed by atoms with E-state index in [-0.39, 0.29) is 5.60 Å². The molecule has 2 fully saturated rings. The summed E-state index contributed by atoms with van der Waals surface area (Å²) >= 11 is 0. The topological polar surface area (TPSA) is 24.6 Å². The lowest BCUT2D eigenvalue weighted by Crippen LogP contribution is -2.49.